The first kappa shape index (κ1) is 12.7. The zero-order chi connectivity index (χ0) is 13.2. The first-order valence-corrected chi connectivity index (χ1v) is 7.01. The predicted molar refractivity (Wildman–Crippen MR) is 77.1 cm³/mol. The Morgan fingerprint density at radius 3 is 2.79 bits per heavy atom. The molecule has 2 aliphatic heterocycles. The maximum absolute atomic E-state index is 5.79. The molecule has 5 heteroatoms. The van der Waals surface area contributed by atoms with Gasteiger partial charge in [-0.3, -0.25) is 0 Å². The van der Waals surface area contributed by atoms with Gasteiger partial charge in [-0.2, -0.15) is 0 Å². The number of rotatable bonds is 2. The fourth-order valence-electron chi connectivity index (χ4n) is 2.86. The highest BCUT2D eigenvalue weighted by Gasteiger charge is 2.38. The van der Waals surface area contributed by atoms with Gasteiger partial charge in [0.15, 0.2) is 5.11 Å². The largest absolute Gasteiger partial charge is 0.497 e. The van der Waals surface area contributed by atoms with Crippen LogP contribution in [0.5, 0.6) is 5.75 Å². The highest BCUT2D eigenvalue weighted by atomic mass is 32.1. The lowest BCUT2D eigenvalue weighted by atomic mass is 9.85. The summed E-state index contributed by atoms with van der Waals surface area (Å²) in [5.41, 5.74) is 1.23. The summed E-state index contributed by atoms with van der Waals surface area (Å²) in [4.78, 5) is 0. The van der Waals surface area contributed by atoms with Crippen molar-refractivity contribution >= 4 is 17.3 Å². The van der Waals surface area contributed by atoms with Crippen molar-refractivity contribution < 1.29 is 9.47 Å². The van der Waals surface area contributed by atoms with E-state index in [1.165, 1.54) is 5.56 Å². The summed E-state index contributed by atoms with van der Waals surface area (Å²) in [6.07, 6.45) is 2.28. The number of methoxy groups -OCH3 is 1. The van der Waals surface area contributed by atoms with Gasteiger partial charge in [0, 0.05) is 12.5 Å². The van der Waals surface area contributed by atoms with E-state index in [4.69, 9.17) is 21.7 Å². The molecule has 4 nitrogen and oxygen atoms in total. The molecule has 0 aliphatic carbocycles. The normalized spacial score (nSPS) is 29.9. The van der Waals surface area contributed by atoms with Gasteiger partial charge in [-0.05, 0) is 42.8 Å². The summed E-state index contributed by atoms with van der Waals surface area (Å²) >= 11 is 5.27. The Morgan fingerprint density at radius 1 is 1.26 bits per heavy atom. The van der Waals surface area contributed by atoms with E-state index in [1.54, 1.807) is 7.11 Å². The van der Waals surface area contributed by atoms with Gasteiger partial charge in [0.05, 0.1) is 13.2 Å². The number of nitrogens with one attached hydrogen (secondary N) is 2. The van der Waals surface area contributed by atoms with Crippen LogP contribution in [0.1, 0.15) is 24.4 Å². The second kappa shape index (κ2) is 5.35. The van der Waals surface area contributed by atoms with Crippen LogP contribution in [-0.4, -0.2) is 25.1 Å². The molecule has 2 aliphatic rings. The van der Waals surface area contributed by atoms with Gasteiger partial charge in [0.1, 0.15) is 12.0 Å². The van der Waals surface area contributed by atoms with Crippen molar-refractivity contribution in [2.24, 2.45) is 5.92 Å². The average molecular weight is 278 g/mol. The summed E-state index contributed by atoms with van der Waals surface area (Å²) in [6.45, 7) is 0.812. The molecule has 1 aromatic carbocycles. The monoisotopic (exact) mass is 278 g/mol. The average Bonchev–Trinajstić information content (AvgIpc) is 2.46. The number of hydrogen-bond acceptors (Lipinski definition) is 3. The zero-order valence-corrected chi connectivity index (χ0v) is 11.7. The first-order chi connectivity index (χ1) is 9.28. The first-order valence-electron chi connectivity index (χ1n) is 6.60. The minimum absolute atomic E-state index is 0.0367. The number of fused-ring (bicyclic) bond motifs is 1. The van der Waals surface area contributed by atoms with Crippen molar-refractivity contribution in [3.63, 3.8) is 0 Å². The van der Waals surface area contributed by atoms with Gasteiger partial charge in [-0.15, -0.1) is 0 Å². The van der Waals surface area contributed by atoms with E-state index in [2.05, 4.69) is 22.8 Å². The molecule has 2 saturated heterocycles. The number of hydrogen-bond donors (Lipinski definition) is 2. The van der Waals surface area contributed by atoms with Crippen LogP contribution in [0.3, 0.4) is 0 Å². The number of thiocarbonyl (C=S) groups is 1. The van der Waals surface area contributed by atoms with Gasteiger partial charge in [-0.25, -0.2) is 0 Å². The minimum atomic E-state index is 0.0367. The fraction of sp³-hybridized carbons (Fsp3) is 0.500. The van der Waals surface area contributed by atoms with Crippen molar-refractivity contribution in [2.45, 2.75) is 25.1 Å². The van der Waals surface area contributed by atoms with Crippen molar-refractivity contribution in [1.82, 2.24) is 10.6 Å². The molecule has 102 valence electrons. The third kappa shape index (κ3) is 2.53. The summed E-state index contributed by atoms with van der Waals surface area (Å²) in [5, 5.41) is 7.25. The minimum Gasteiger partial charge on any atom is -0.497 e. The molecule has 2 N–H and O–H groups in total. The Labute approximate surface area is 118 Å². The summed E-state index contributed by atoms with van der Waals surface area (Å²) in [6, 6.07) is 8.37. The van der Waals surface area contributed by atoms with Crippen LogP contribution >= 0.6 is 12.2 Å². The number of benzene rings is 1. The van der Waals surface area contributed by atoms with Gasteiger partial charge in [-0.1, -0.05) is 12.1 Å². The molecule has 3 atom stereocenters. The van der Waals surface area contributed by atoms with Crippen molar-refractivity contribution in [1.29, 1.82) is 0 Å². The predicted octanol–water partition coefficient (Wildman–Crippen LogP) is 1.97. The van der Waals surface area contributed by atoms with E-state index < -0.39 is 0 Å². The van der Waals surface area contributed by atoms with Gasteiger partial charge in [0.2, 0.25) is 0 Å². The zero-order valence-electron chi connectivity index (χ0n) is 10.9. The molecular weight excluding hydrogens is 260 g/mol. The molecule has 1 aromatic rings. The van der Waals surface area contributed by atoms with Gasteiger partial charge in [0.25, 0.3) is 0 Å². The molecule has 0 aromatic heterocycles. The standard InChI is InChI=1S/C14H18N2O2S/c1-17-10-6-4-9(5-7-10)12-11-3-2-8-18-13(11)16-14(19)15-12/h4-7,11-13H,2-3,8H2,1H3,(H2,15,16,19). The molecule has 2 heterocycles. The summed E-state index contributed by atoms with van der Waals surface area (Å²) < 4.78 is 11.0. The van der Waals surface area contributed by atoms with Crippen LogP contribution in [-0.2, 0) is 4.74 Å². The van der Waals surface area contributed by atoms with Gasteiger partial charge < -0.3 is 20.1 Å². The van der Waals surface area contributed by atoms with Crippen LogP contribution in [0, 0.1) is 5.92 Å². The van der Waals surface area contributed by atoms with E-state index in [0.717, 1.165) is 25.2 Å². The molecule has 0 radical (unpaired) electrons. The molecule has 19 heavy (non-hydrogen) atoms. The smallest absolute Gasteiger partial charge is 0.168 e. The topological polar surface area (TPSA) is 42.5 Å². The molecule has 0 bridgehead atoms. The van der Waals surface area contributed by atoms with E-state index in [1.807, 2.05) is 12.1 Å². The molecule has 0 saturated carbocycles. The Bertz CT molecular complexity index is 463. The SMILES string of the molecule is COc1ccc(C2NC(=S)NC3OCCCC32)cc1. The molecule has 0 amide bonds. The molecule has 0 spiro atoms. The lowest BCUT2D eigenvalue weighted by molar-refractivity contribution is -0.0536. The van der Waals surface area contributed by atoms with Crippen molar-refractivity contribution in [3.05, 3.63) is 29.8 Å². The second-order valence-electron chi connectivity index (χ2n) is 4.97. The molecular formula is C14H18N2O2S. The number of ether oxygens (including phenoxy) is 2. The molecule has 3 rings (SSSR count). The quantitative estimate of drug-likeness (QED) is 0.810. The fourth-order valence-corrected chi connectivity index (χ4v) is 3.10. The van der Waals surface area contributed by atoms with E-state index in [-0.39, 0.29) is 12.3 Å². The highest BCUT2D eigenvalue weighted by Crippen LogP contribution is 2.34. The van der Waals surface area contributed by atoms with E-state index in [9.17, 15) is 0 Å². The Kier molecular flexibility index (Phi) is 3.57. The van der Waals surface area contributed by atoms with Crippen LogP contribution in [0.15, 0.2) is 24.3 Å². The Morgan fingerprint density at radius 2 is 2.05 bits per heavy atom. The maximum Gasteiger partial charge on any atom is 0.168 e. The molecule has 2 fully saturated rings. The second-order valence-corrected chi connectivity index (χ2v) is 5.37. The van der Waals surface area contributed by atoms with Gasteiger partial charge >= 0.3 is 0 Å². The van der Waals surface area contributed by atoms with Crippen molar-refractivity contribution in [2.75, 3.05) is 13.7 Å². The van der Waals surface area contributed by atoms with E-state index >= 15 is 0 Å². The lowest BCUT2D eigenvalue weighted by Crippen LogP contribution is -2.58. The van der Waals surface area contributed by atoms with Crippen LogP contribution < -0.4 is 15.4 Å². The van der Waals surface area contributed by atoms with Crippen LogP contribution in [0.25, 0.3) is 0 Å². The third-order valence-corrected chi connectivity index (χ3v) is 4.07. The maximum atomic E-state index is 5.79. The van der Waals surface area contributed by atoms with Crippen LogP contribution in [0.4, 0.5) is 0 Å². The lowest BCUT2D eigenvalue weighted by Gasteiger charge is -2.43. The van der Waals surface area contributed by atoms with Crippen molar-refractivity contribution in [3.8, 4) is 5.75 Å². The Hall–Kier alpha value is -1.33. The summed E-state index contributed by atoms with van der Waals surface area (Å²) in [5.74, 6) is 1.28. The third-order valence-electron chi connectivity index (χ3n) is 3.83. The Balaban J connectivity index is 1.85. The van der Waals surface area contributed by atoms with E-state index in [0.29, 0.717) is 11.0 Å². The molecule has 3 unspecified atom stereocenters. The summed E-state index contributed by atoms with van der Waals surface area (Å²) in [7, 11) is 1.68. The highest BCUT2D eigenvalue weighted by molar-refractivity contribution is 7.80. The van der Waals surface area contributed by atoms with Crippen LogP contribution in [0.2, 0.25) is 0 Å².